The van der Waals surface area contributed by atoms with Gasteiger partial charge in [-0.2, -0.15) is 0 Å². The summed E-state index contributed by atoms with van der Waals surface area (Å²) >= 11 is 0. The standard InChI is InChI=1S/C30H50BN3O5/c1-21(35)32-30(26(36)33-27(2,3)4)19-22(17-18-31-38-28(5,6)29(7,8)39-31)11-12-23(30)20-34(9)24-13-15-25(37-10)16-14-24/h13-16,22-23H,11-12,17-20H2,1-10H3,(H,32,35)(H,33,36). The van der Waals surface area contributed by atoms with Gasteiger partial charge in [0.1, 0.15) is 11.3 Å². The van der Waals surface area contributed by atoms with Gasteiger partial charge >= 0.3 is 7.12 Å². The van der Waals surface area contributed by atoms with E-state index in [1.807, 2.05) is 52.1 Å². The van der Waals surface area contributed by atoms with Crippen LogP contribution in [0, 0.1) is 11.8 Å². The average molecular weight is 544 g/mol. The Labute approximate surface area is 236 Å². The lowest BCUT2D eigenvalue weighted by Gasteiger charge is -2.48. The van der Waals surface area contributed by atoms with Crippen molar-refractivity contribution in [3.05, 3.63) is 24.3 Å². The van der Waals surface area contributed by atoms with E-state index in [1.165, 1.54) is 6.92 Å². The fourth-order valence-electron chi connectivity index (χ4n) is 5.88. The smallest absolute Gasteiger partial charge is 0.457 e. The largest absolute Gasteiger partial charge is 0.497 e. The highest BCUT2D eigenvalue weighted by atomic mass is 16.7. The molecule has 3 unspecified atom stereocenters. The Morgan fingerprint density at radius 2 is 1.67 bits per heavy atom. The van der Waals surface area contributed by atoms with Crippen molar-refractivity contribution in [3.63, 3.8) is 0 Å². The molecule has 1 aliphatic carbocycles. The molecule has 0 radical (unpaired) electrons. The van der Waals surface area contributed by atoms with Crippen molar-refractivity contribution in [3.8, 4) is 5.75 Å². The minimum atomic E-state index is -1.02. The summed E-state index contributed by atoms with van der Waals surface area (Å²) in [6, 6.07) is 7.91. The number of amides is 2. The Kier molecular flexibility index (Phi) is 9.38. The molecule has 2 N–H and O–H groups in total. The Morgan fingerprint density at radius 3 is 2.18 bits per heavy atom. The van der Waals surface area contributed by atoms with Gasteiger partial charge < -0.3 is 29.6 Å². The van der Waals surface area contributed by atoms with Crippen LogP contribution in [0.5, 0.6) is 5.75 Å². The summed E-state index contributed by atoms with van der Waals surface area (Å²) in [5.41, 5.74) is -1.14. The number of ether oxygens (including phenoxy) is 1. The van der Waals surface area contributed by atoms with Crippen molar-refractivity contribution in [1.82, 2.24) is 10.6 Å². The minimum absolute atomic E-state index is 0.0658. The summed E-state index contributed by atoms with van der Waals surface area (Å²) in [5, 5.41) is 6.36. The van der Waals surface area contributed by atoms with E-state index in [2.05, 4.69) is 43.2 Å². The van der Waals surface area contributed by atoms with Crippen LogP contribution >= 0.6 is 0 Å². The zero-order chi connectivity index (χ0) is 29.2. The van der Waals surface area contributed by atoms with Gasteiger partial charge in [-0.15, -0.1) is 0 Å². The summed E-state index contributed by atoms with van der Waals surface area (Å²) in [5.74, 6) is 0.682. The van der Waals surface area contributed by atoms with E-state index in [4.69, 9.17) is 14.0 Å². The lowest BCUT2D eigenvalue weighted by atomic mass is 9.64. The highest BCUT2D eigenvalue weighted by Gasteiger charge is 2.53. The van der Waals surface area contributed by atoms with E-state index < -0.39 is 11.1 Å². The Balaban J connectivity index is 1.83. The van der Waals surface area contributed by atoms with Gasteiger partial charge in [-0.25, -0.2) is 0 Å². The molecule has 1 aliphatic heterocycles. The number of hydrogen-bond acceptors (Lipinski definition) is 6. The monoisotopic (exact) mass is 543 g/mol. The lowest BCUT2D eigenvalue weighted by Crippen LogP contribution is -2.68. The number of hydrogen-bond donors (Lipinski definition) is 2. The first-order chi connectivity index (χ1) is 18.0. The van der Waals surface area contributed by atoms with Crippen molar-refractivity contribution >= 4 is 24.6 Å². The van der Waals surface area contributed by atoms with Gasteiger partial charge in [0.05, 0.1) is 18.3 Å². The van der Waals surface area contributed by atoms with Gasteiger partial charge in [-0.05, 0) is 104 Å². The molecule has 0 spiro atoms. The van der Waals surface area contributed by atoms with Gasteiger partial charge in [0.2, 0.25) is 11.8 Å². The van der Waals surface area contributed by atoms with Crippen LogP contribution in [0.3, 0.4) is 0 Å². The maximum atomic E-state index is 14.0. The first kappa shape index (κ1) is 31.3. The van der Waals surface area contributed by atoms with Crippen LogP contribution in [-0.4, -0.2) is 61.9 Å². The van der Waals surface area contributed by atoms with E-state index in [0.717, 1.165) is 37.0 Å². The summed E-state index contributed by atoms with van der Waals surface area (Å²) in [7, 11) is 3.42. The number of nitrogens with zero attached hydrogens (tertiary/aromatic N) is 1. The third-order valence-corrected chi connectivity index (χ3v) is 8.64. The third-order valence-electron chi connectivity index (χ3n) is 8.64. The molecule has 2 fully saturated rings. The van der Waals surface area contributed by atoms with Crippen LogP contribution < -0.4 is 20.3 Å². The zero-order valence-electron chi connectivity index (χ0n) is 25.8. The number of carbonyl (C=O) groups is 2. The van der Waals surface area contributed by atoms with Gasteiger partial charge in [-0.3, -0.25) is 9.59 Å². The molecule has 3 rings (SSSR count). The second-order valence-electron chi connectivity index (χ2n) is 13.5. The van der Waals surface area contributed by atoms with Crippen LogP contribution in [0.1, 0.15) is 81.1 Å². The lowest BCUT2D eigenvalue weighted by molar-refractivity contribution is -0.139. The molecule has 1 saturated carbocycles. The van der Waals surface area contributed by atoms with Crippen molar-refractivity contribution in [2.24, 2.45) is 11.8 Å². The molecule has 1 aromatic carbocycles. The van der Waals surface area contributed by atoms with E-state index >= 15 is 0 Å². The molecule has 1 heterocycles. The van der Waals surface area contributed by atoms with Crippen LogP contribution in [-0.2, 0) is 18.9 Å². The Hall–Kier alpha value is -2.26. The number of rotatable bonds is 9. The van der Waals surface area contributed by atoms with Crippen molar-refractivity contribution in [1.29, 1.82) is 0 Å². The van der Waals surface area contributed by atoms with Crippen LogP contribution in [0.25, 0.3) is 0 Å². The molecule has 1 aromatic rings. The molecule has 0 aromatic heterocycles. The fourth-order valence-corrected chi connectivity index (χ4v) is 5.88. The normalized spacial score (nSPS) is 26.2. The highest BCUT2D eigenvalue weighted by Crippen LogP contribution is 2.43. The molecule has 218 valence electrons. The number of nitrogens with one attached hydrogen (secondary N) is 2. The molecule has 3 atom stereocenters. The molecule has 2 aliphatic rings. The number of carbonyl (C=O) groups excluding carboxylic acids is 2. The molecule has 9 heteroatoms. The second kappa shape index (κ2) is 11.7. The summed E-state index contributed by atoms with van der Waals surface area (Å²) in [6.45, 7) is 16.3. The van der Waals surface area contributed by atoms with Crippen molar-refractivity contribution in [2.75, 3.05) is 25.6 Å². The van der Waals surface area contributed by atoms with E-state index in [-0.39, 0.29) is 42.0 Å². The summed E-state index contributed by atoms with van der Waals surface area (Å²) in [4.78, 5) is 28.8. The topological polar surface area (TPSA) is 89.1 Å². The van der Waals surface area contributed by atoms with Crippen LogP contribution in [0.15, 0.2) is 24.3 Å². The Bertz CT molecular complexity index is 991. The minimum Gasteiger partial charge on any atom is -0.497 e. The molecule has 8 nitrogen and oxygen atoms in total. The molecule has 2 amide bonds. The van der Waals surface area contributed by atoms with E-state index in [9.17, 15) is 9.59 Å². The van der Waals surface area contributed by atoms with Gasteiger partial charge in [-0.1, -0.05) is 6.42 Å². The van der Waals surface area contributed by atoms with Gasteiger partial charge in [0, 0.05) is 37.7 Å². The van der Waals surface area contributed by atoms with E-state index in [0.29, 0.717) is 13.0 Å². The summed E-state index contributed by atoms with van der Waals surface area (Å²) in [6.07, 6.45) is 4.00. The number of benzene rings is 1. The maximum absolute atomic E-state index is 14.0. The predicted octanol–water partition coefficient (Wildman–Crippen LogP) is 4.82. The molecule has 0 bridgehead atoms. The van der Waals surface area contributed by atoms with E-state index in [1.54, 1.807) is 7.11 Å². The molecule has 39 heavy (non-hydrogen) atoms. The SMILES string of the molecule is COc1ccc(N(C)CC2CCC(CCB3OC(C)(C)C(C)(C)O3)CC2(NC(C)=O)C(=O)NC(C)(C)C)cc1. The van der Waals surface area contributed by atoms with Crippen LogP contribution in [0.4, 0.5) is 5.69 Å². The van der Waals surface area contributed by atoms with Gasteiger partial charge in [0.15, 0.2) is 0 Å². The number of methoxy groups -OCH3 is 1. The molecule has 1 saturated heterocycles. The van der Waals surface area contributed by atoms with Crippen molar-refractivity contribution < 1.29 is 23.6 Å². The first-order valence-corrected chi connectivity index (χ1v) is 14.3. The Morgan fingerprint density at radius 1 is 1.08 bits per heavy atom. The molecular weight excluding hydrogens is 493 g/mol. The third kappa shape index (κ3) is 7.48. The van der Waals surface area contributed by atoms with Gasteiger partial charge in [0.25, 0.3) is 0 Å². The van der Waals surface area contributed by atoms with Crippen LogP contribution in [0.2, 0.25) is 6.32 Å². The number of anilines is 1. The summed E-state index contributed by atoms with van der Waals surface area (Å²) < 4.78 is 17.8. The molecular formula is C30H50BN3O5. The average Bonchev–Trinajstić information content (AvgIpc) is 3.03. The quantitative estimate of drug-likeness (QED) is 0.435. The maximum Gasteiger partial charge on any atom is 0.457 e. The zero-order valence-corrected chi connectivity index (χ0v) is 25.8. The predicted molar refractivity (Wildman–Crippen MR) is 157 cm³/mol. The fraction of sp³-hybridized carbons (Fsp3) is 0.733. The highest BCUT2D eigenvalue weighted by molar-refractivity contribution is 6.45. The van der Waals surface area contributed by atoms with Crippen molar-refractivity contribution in [2.45, 2.75) is 110 Å². The first-order valence-electron chi connectivity index (χ1n) is 14.3. The second-order valence-corrected chi connectivity index (χ2v) is 13.5.